The van der Waals surface area contributed by atoms with E-state index >= 15 is 0 Å². The Hall–Kier alpha value is -2.09. The molecule has 0 saturated heterocycles. The molecule has 1 amide bonds. The average Bonchev–Trinajstić information content (AvgIpc) is 3.30. The average molecular weight is 506 g/mol. The summed E-state index contributed by atoms with van der Waals surface area (Å²) in [5, 5.41) is 2.93. The molecule has 2 aliphatic rings. The first-order chi connectivity index (χ1) is 16.0. The molecule has 0 spiro atoms. The summed E-state index contributed by atoms with van der Waals surface area (Å²) in [5.74, 6) is 0.906. The summed E-state index contributed by atoms with van der Waals surface area (Å²) in [6, 6.07) is 6.71. The first-order valence-electron chi connectivity index (χ1n) is 11.7. The normalized spacial score (nSPS) is 24.5. The topological polar surface area (TPSA) is 115 Å². The zero-order chi connectivity index (χ0) is 24.6. The predicted molar refractivity (Wildman–Crippen MR) is 131 cm³/mol. The van der Waals surface area contributed by atoms with Crippen LogP contribution >= 0.6 is 7.37 Å². The minimum absolute atomic E-state index is 0.144. The Kier molecular flexibility index (Phi) is 7.00. The van der Waals surface area contributed by atoms with Crippen LogP contribution in [0.25, 0.3) is 0 Å². The molecule has 1 unspecified atom stereocenters. The summed E-state index contributed by atoms with van der Waals surface area (Å²) >= 11 is 0. The van der Waals surface area contributed by atoms with Crippen molar-refractivity contribution >= 4 is 28.9 Å². The molecular formula is C24H32N3O5PS. The van der Waals surface area contributed by atoms with Gasteiger partial charge in [-0.05, 0) is 42.9 Å². The van der Waals surface area contributed by atoms with E-state index in [-0.39, 0.29) is 22.9 Å². The maximum absolute atomic E-state index is 13.6. The standard InChI is InChI=1S/C24H32N3O5PS/c1-4-32-33(2,29)16-19-14-26-22(15-25-19)27-23(28)24(13-21(24)17-7-5-6-8-17)18-9-11-20(12-10-18)34(3,30)31/h9-12,14-15,17,21H,4-8,13,16H2,1-3H3,(H,26,27,28)/t21-,24-,33?/m1/s1. The molecule has 10 heteroatoms. The van der Waals surface area contributed by atoms with Crippen molar-refractivity contribution in [1.29, 1.82) is 0 Å². The Bertz CT molecular complexity index is 1190. The largest absolute Gasteiger partial charge is 0.329 e. The number of amides is 1. The fourth-order valence-electron chi connectivity index (χ4n) is 5.28. The number of nitrogens with one attached hydrogen (secondary N) is 1. The van der Waals surface area contributed by atoms with Crippen molar-refractivity contribution in [3.63, 3.8) is 0 Å². The van der Waals surface area contributed by atoms with E-state index in [2.05, 4.69) is 15.3 Å². The maximum atomic E-state index is 13.6. The van der Waals surface area contributed by atoms with Gasteiger partial charge in [0.25, 0.3) is 0 Å². The van der Waals surface area contributed by atoms with Crippen LogP contribution in [0.5, 0.6) is 0 Å². The molecule has 1 aromatic heterocycles. The number of hydrogen-bond donors (Lipinski definition) is 1. The highest BCUT2D eigenvalue weighted by atomic mass is 32.2. The van der Waals surface area contributed by atoms with E-state index in [4.69, 9.17) is 4.52 Å². The Morgan fingerprint density at radius 1 is 1.18 bits per heavy atom. The molecule has 0 bridgehead atoms. The van der Waals surface area contributed by atoms with Gasteiger partial charge in [0.05, 0.1) is 41.2 Å². The second-order valence-electron chi connectivity index (χ2n) is 9.56. The first-order valence-corrected chi connectivity index (χ1v) is 15.8. The lowest BCUT2D eigenvalue weighted by Gasteiger charge is -2.21. The molecule has 8 nitrogen and oxygen atoms in total. The van der Waals surface area contributed by atoms with E-state index in [1.54, 1.807) is 37.9 Å². The molecule has 1 heterocycles. The minimum atomic E-state index is -3.31. The Morgan fingerprint density at radius 2 is 1.85 bits per heavy atom. The number of hydrogen-bond acceptors (Lipinski definition) is 7. The van der Waals surface area contributed by atoms with Gasteiger partial charge >= 0.3 is 0 Å². The van der Waals surface area contributed by atoms with E-state index < -0.39 is 22.6 Å². The van der Waals surface area contributed by atoms with Gasteiger partial charge in [-0.2, -0.15) is 0 Å². The Balaban J connectivity index is 1.55. The van der Waals surface area contributed by atoms with Crippen molar-refractivity contribution in [3.05, 3.63) is 47.9 Å². The van der Waals surface area contributed by atoms with Crippen LogP contribution < -0.4 is 5.32 Å². The molecule has 4 rings (SSSR count). The first kappa shape index (κ1) is 25.0. The number of rotatable bonds is 9. The summed E-state index contributed by atoms with van der Waals surface area (Å²) in [4.78, 5) is 22.5. The SMILES string of the molecule is CCOP(C)(=O)Cc1cnc(NC(=O)[C@@]2(c3ccc(S(C)(=O)=O)cc3)C[C@@H]2C2CCCC2)cn1. The van der Waals surface area contributed by atoms with Gasteiger partial charge in [0.2, 0.25) is 13.3 Å². The van der Waals surface area contributed by atoms with Gasteiger partial charge in [-0.25, -0.2) is 13.4 Å². The fraction of sp³-hybridized carbons (Fsp3) is 0.542. The molecule has 184 valence electrons. The van der Waals surface area contributed by atoms with E-state index in [1.165, 1.54) is 31.5 Å². The third-order valence-corrected chi connectivity index (χ3v) is 9.82. The highest BCUT2D eigenvalue weighted by Crippen LogP contribution is 2.61. The maximum Gasteiger partial charge on any atom is 0.236 e. The second-order valence-corrected chi connectivity index (χ2v) is 14.2. The van der Waals surface area contributed by atoms with Gasteiger partial charge in [0.15, 0.2) is 15.7 Å². The van der Waals surface area contributed by atoms with Gasteiger partial charge in [-0.15, -0.1) is 0 Å². The summed E-state index contributed by atoms with van der Waals surface area (Å²) in [6.07, 6.45) is 9.69. The lowest BCUT2D eigenvalue weighted by molar-refractivity contribution is -0.119. The van der Waals surface area contributed by atoms with Gasteiger partial charge < -0.3 is 9.84 Å². The Labute approximate surface area is 201 Å². The van der Waals surface area contributed by atoms with Crippen LogP contribution in [0, 0.1) is 11.8 Å². The molecule has 2 aliphatic carbocycles. The quantitative estimate of drug-likeness (QED) is 0.502. The molecule has 0 aliphatic heterocycles. The smallest absolute Gasteiger partial charge is 0.236 e. The third kappa shape index (κ3) is 5.26. The van der Waals surface area contributed by atoms with Gasteiger partial charge in [0.1, 0.15) is 0 Å². The van der Waals surface area contributed by atoms with Crippen LogP contribution in [-0.4, -0.2) is 43.8 Å². The molecule has 2 aromatic rings. The highest BCUT2D eigenvalue weighted by Gasteiger charge is 2.63. The molecular weight excluding hydrogens is 473 g/mol. The Morgan fingerprint density at radius 3 is 2.41 bits per heavy atom. The molecule has 2 fully saturated rings. The van der Waals surface area contributed by atoms with Crippen LogP contribution in [0.2, 0.25) is 0 Å². The van der Waals surface area contributed by atoms with Gasteiger partial charge in [-0.1, -0.05) is 37.8 Å². The van der Waals surface area contributed by atoms with Crippen molar-refractivity contribution in [2.75, 3.05) is 24.8 Å². The minimum Gasteiger partial charge on any atom is -0.329 e. The molecule has 2 saturated carbocycles. The van der Waals surface area contributed by atoms with E-state index in [1.807, 2.05) is 0 Å². The zero-order valence-electron chi connectivity index (χ0n) is 19.9. The second kappa shape index (κ2) is 9.51. The van der Waals surface area contributed by atoms with Crippen LogP contribution in [0.1, 0.15) is 50.3 Å². The van der Waals surface area contributed by atoms with Crippen molar-refractivity contribution < 1.29 is 22.3 Å². The lowest BCUT2D eigenvalue weighted by Crippen LogP contribution is -2.31. The lowest BCUT2D eigenvalue weighted by atomic mass is 9.86. The zero-order valence-corrected chi connectivity index (χ0v) is 21.6. The number of aromatic nitrogens is 2. The number of sulfone groups is 1. The summed E-state index contributed by atoms with van der Waals surface area (Å²) in [6.45, 7) is 3.73. The van der Waals surface area contributed by atoms with Crippen molar-refractivity contribution in [2.45, 2.75) is 55.5 Å². The van der Waals surface area contributed by atoms with Crippen LogP contribution in [0.4, 0.5) is 5.82 Å². The van der Waals surface area contributed by atoms with Crippen molar-refractivity contribution in [1.82, 2.24) is 9.97 Å². The molecule has 0 radical (unpaired) electrons. The number of carbonyl (C=O) groups excluding carboxylic acids is 1. The van der Waals surface area contributed by atoms with Gasteiger partial charge in [0, 0.05) is 12.9 Å². The number of carbonyl (C=O) groups is 1. The van der Waals surface area contributed by atoms with Crippen LogP contribution in [-0.2, 0) is 35.3 Å². The number of anilines is 1. The molecule has 1 N–H and O–H groups in total. The van der Waals surface area contributed by atoms with Crippen LogP contribution in [0.15, 0.2) is 41.6 Å². The van der Waals surface area contributed by atoms with Crippen LogP contribution in [0.3, 0.4) is 0 Å². The monoisotopic (exact) mass is 505 g/mol. The molecule has 3 atom stereocenters. The predicted octanol–water partition coefficient (Wildman–Crippen LogP) is 4.41. The summed E-state index contributed by atoms with van der Waals surface area (Å²) in [7, 11) is -6.09. The van der Waals surface area contributed by atoms with E-state index in [9.17, 15) is 17.8 Å². The third-order valence-electron chi connectivity index (χ3n) is 6.98. The highest BCUT2D eigenvalue weighted by molar-refractivity contribution is 7.90. The summed E-state index contributed by atoms with van der Waals surface area (Å²) in [5.41, 5.74) is 0.681. The van der Waals surface area contributed by atoms with Crippen molar-refractivity contribution in [2.24, 2.45) is 11.8 Å². The fourth-order valence-corrected chi connectivity index (χ4v) is 7.30. The van der Waals surface area contributed by atoms with E-state index in [0.717, 1.165) is 24.8 Å². The number of benzene rings is 1. The van der Waals surface area contributed by atoms with E-state index in [0.29, 0.717) is 24.0 Å². The summed E-state index contributed by atoms with van der Waals surface area (Å²) < 4.78 is 41.5. The molecule has 34 heavy (non-hydrogen) atoms. The number of nitrogens with zero attached hydrogens (tertiary/aromatic N) is 2. The van der Waals surface area contributed by atoms with Gasteiger partial charge in [-0.3, -0.25) is 14.3 Å². The molecule has 1 aromatic carbocycles. The van der Waals surface area contributed by atoms with Crippen molar-refractivity contribution in [3.8, 4) is 0 Å².